The van der Waals surface area contributed by atoms with E-state index in [0.29, 0.717) is 0 Å². The summed E-state index contributed by atoms with van der Waals surface area (Å²) in [5.41, 5.74) is 8.56. The van der Waals surface area contributed by atoms with Gasteiger partial charge in [-0.1, -0.05) is 6.07 Å². The van der Waals surface area contributed by atoms with Crippen molar-refractivity contribution in [2.45, 2.75) is 32.9 Å². The van der Waals surface area contributed by atoms with Crippen molar-refractivity contribution in [1.29, 1.82) is 0 Å². The fraction of sp³-hybridized carbons (Fsp3) is 0.455. The molecule has 0 aliphatic heterocycles. The molecule has 0 saturated heterocycles. The Labute approximate surface area is 84.9 Å². The predicted molar refractivity (Wildman–Crippen MR) is 60.4 cm³/mol. The molecule has 2 atom stereocenters. The van der Waals surface area contributed by atoms with Gasteiger partial charge in [0, 0.05) is 17.4 Å². The van der Waals surface area contributed by atoms with Crippen LogP contribution in [0, 0.1) is 6.92 Å². The van der Waals surface area contributed by atoms with Crippen LogP contribution in [0.3, 0.4) is 0 Å². The quantitative estimate of drug-likeness (QED) is 0.643. The lowest BCUT2D eigenvalue weighted by atomic mass is 10.1. The Hall–Kier alpha value is -1.22. The predicted octanol–water partition coefficient (Wildman–Crippen LogP) is 1.76. The second-order valence-electron chi connectivity index (χ2n) is 3.74. The molecule has 0 fully saturated rings. The van der Waals surface area contributed by atoms with E-state index < -0.39 is 0 Å². The SMILES string of the molecule is Cc1ccc(NC(C)C(C)O)cc1N. The number of nitrogen functional groups attached to an aromatic ring is 1. The van der Waals surface area contributed by atoms with Crippen LogP contribution in [0.25, 0.3) is 0 Å². The van der Waals surface area contributed by atoms with Gasteiger partial charge in [-0.2, -0.15) is 0 Å². The summed E-state index contributed by atoms with van der Waals surface area (Å²) in [4.78, 5) is 0. The zero-order chi connectivity index (χ0) is 10.7. The van der Waals surface area contributed by atoms with Crippen molar-refractivity contribution in [3.8, 4) is 0 Å². The molecular formula is C11H18N2O. The fourth-order valence-corrected chi connectivity index (χ4v) is 1.11. The van der Waals surface area contributed by atoms with Crippen LogP contribution in [-0.4, -0.2) is 17.3 Å². The summed E-state index contributed by atoms with van der Waals surface area (Å²) in [5.74, 6) is 0. The number of nitrogens with two attached hydrogens (primary N) is 1. The number of benzene rings is 1. The normalized spacial score (nSPS) is 14.9. The topological polar surface area (TPSA) is 58.3 Å². The Kier molecular flexibility index (Phi) is 3.36. The van der Waals surface area contributed by atoms with E-state index in [2.05, 4.69) is 5.32 Å². The molecule has 1 aromatic rings. The zero-order valence-corrected chi connectivity index (χ0v) is 8.91. The second-order valence-corrected chi connectivity index (χ2v) is 3.74. The van der Waals surface area contributed by atoms with E-state index in [4.69, 9.17) is 5.73 Å². The Morgan fingerprint density at radius 3 is 2.50 bits per heavy atom. The van der Waals surface area contributed by atoms with Gasteiger partial charge in [0.15, 0.2) is 0 Å². The van der Waals surface area contributed by atoms with Gasteiger partial charge in [-0.25, -0.2) is 0 Å². The number of anilines is 2. The first-order chi connectivity index (χ1) is 6.50. The third-order valence-corrected chi connectivity index (χ3v) is 2.40. The molecule has 0 amide bonds. The summed E-state index contributed by atoms with van der Waals surface area (Å²) in [6, 6.07) is 5.84. The number of aliphatic hydroxyl groups excluding tert-OH is 1. The highest BCUT2D eigenvalue weighted by molar-refractivity contribution is 5.58. The number of rotatable bonds is 3. The maximum atomic E-state index is 9.31. The van der Waals surface area contributed by atoms with Gasteiger partial charge in [0.2, 0.25) is 0 Å². The van der Waals surface area contributed by atoms with Crippen molar-refractivity contribution in [3.63, 3.8) is 0 Å². The lowest BCUT2D eigenvalue weighted by molar-refractivity contribution is 0.178. The summed E-state index contributed by atoms with van der Waals surface area (Å²) in [6.45, 7) is 5.66. The van der Waals surface area contributed by atoms with Crippen molar-refractivity contribution in [1.82, 2.24) is 0 Å². The first-order valence-corrected chi connectivity index (χ1v) is 4.81. The Morgan fingerprint density at radius 2 is 2.00 bits per heavy atom. The minimum atomic E-state index is -0.377. The van der Waals surface area contributed by atoms with Crippen molar-refractivity contribution in [2.24, 2.45) is 0 Å². The molecule has 78 valence electrons. The van der Waals surface area contributed by atoms with E-state index in [9.17, 15) is 5.11 Å². The van der Waals surface area contributed by atoms with E-state index in [1.54, 1.807) is 6.92 Å². The van der Waals surface area contributed by atoms with Gasteiger partial charge >= 0.3 is 0 Å². The number of hydrogen-bond acceptors (Lipinski definition) is 3. The third-order valence-electron chi connectivity index (χ3n) is 2.40. The smallest absolute Gasteiger partial charge is 0.0710 e. The van der Waals surface area contributed by atoms with E-state index in [1.807, 2.05) is 32.0 Å². The lowest BCUT2D eigenvalue weighted by Crippen LogP contribution is -2.27. The molecule has 4 N–H and O–H groups in total. The van der Waals surface area contributed by atoms with Crippen LogP contribution in [0.5, 0.6) is 0 Å². The average molecular weight is 194 g/mol. The highest BCUT2D eigenvalue weighted by Crippen LogP contribution is 2.17. The van der Waals surface area contributed by atoms with Gasteiger partial charge in [-0.3, -0.25) is 0 Å². The molecule has 0 aromatic heterocycles. The van der Waals surface area contributed by atoms with Crippen LogP contribution in [0.4, 0.5) is 11.4 Å². The molecule has 2 unspecified atom stereocenters. The zero-order valence-electron chi connectivity index (χ0n) is 8.91. The lowest BCUT2D eigenvalue weighted by Gasteiger charge is -2.18. The highest BCUT2D eigenvalue weighted by Gasteiger charge is 2.08. The monoisotopic (exact) mass is 194 g/mol. The van der Waals surface area contributed by atoms with Gasteiger partial charge in [0.1, 0.15) is 0 Å². The molecule has 3 nitrogen and oxygen atoms in total. The van der Waals surface area contributed by atoms with Crippen LogP contribution in [0.15, 0.2) is 18.2 Å². The van der Waals surface area contributed by atoms with Gasteiger partial charge in [0.25, 0.3) is 0 Å². The van der Waals surface area contributed by atoms with Crippen molar-refractivity contribution < 1.29 is 5.11 Å². The summed E-state index contributed by atoms with van der Waals surface area (Å²) < 4.78 is 0. The minimum Gasteiger partial charge on any atom is -0.398 e. The largest absolute Gasteiger partial charge is 0.398 e. The maximum absolute atomic E-state index is 9.31. The van der Waals surface area contributed by atoms with Crippen molar-refractivity contribution >= 4 is 11.4 Å². The Bertz CT molecular complexity index is 310. The molecule has 0 spiro atoms. The molecule has 14 heavy (non-hydrogen) atoms. The van der Waals surface area contributed by atoms with Gasteiger partial charge in [-0.15, -0.1) is 0 Å². The summed E-state index contributed by atoms with van der Waals surface area (Å²) in [6.07, 6.45) is -0.377. The first kappa shape index (κ1) is 10.9. The molecule has 0 radical (unpaired) electrons. The van der Waals surface area contributed by atoms with Gasteiger partial charge in [0.05, 0.1) is 6.10 Å². The fourth-order valence-electron chi connectivity index (χ4n) is 1.11. The van der Waals surface area contributed by atoms with Crippen molar-refractivity contribution in [3.05, 3.63) is 23.8 Å². The Balaban J connectivity index is 2.73. The van der Waals surface area contributed by atoms with E-state index in [1.165, 1.54) is 0 Å². The molecule has 0 heterocycles. The number of aliphatic hydroxyl groups is 1. The van der Waals surface area contributed by atoms with Crippen LogP contribution in [0.2, 0.25) is 0 Å². The van der Waals surface area contributed by atoms with Gasteiger partial charge in [-0.05, 0) is 38.5 Å². The van der Waals surface area contributed by atoms with E-state index in [0.717, 1.165) is 16.9 Å². The highest BCUT2D eigenvalue weighted by atomic mass is 16.3. The molecule has 3 heteroatoms. The van der Waals surface area contributed by atoms with Crippen LogP contribution >= 0.6 is 0 Å². The van der Waals surface area contributed by atoms with E-state index >= 15 is 0 Å². The summed E-state index contributed by atoms with van der Waals surface area (Å²) in [5, 5.41) is 12.5. The van der Waals surface area contributed by atoms with Crippen LogP contribution in [0.1, 0.15) is 19.4 Å². The molecule has 1 aromatic carbocycles. The van der Waals surface area contributed by atoms with E-state index in [-0.39, 0.29) is 12.1 Å². The number of hydrogen-bond donors (Lipinski definition) is 3. The molecular weight excluding hydrogens is 176 g/mol. The maximum Gasteiger partial charge on any atom is 0.0710 e. The molecule has 0 aliphatic rings. The molecule has 0 bridgehead atoms. The van der Waals surface area contributed by atoms with Gasteiger partial charge < -0.3 is 16.2 Å². The summed E-state index contributed by atoms with van der Waals surface area (Å²) >= 11 is 0. The Morgan fingerprint density at radius 1 is 1.36 bits per heavy atom. The minimum absolute atomic E-state index is 0.0251. The second kappa shape index (κ2) is 4.33. The molecule has 1 rings (SSSR count). The number of nitrogens with one attached hydrogen (secondary N) is 1. The van der Waals surface area contributed by atoms with Crippen LogP contribution in [-0.2, 0) is 0 Å². The third kappa shape index (κ3) is 2.64. The molecule has 0 saturated carbocycles. The molecule has 0 aliphatic carbocycles. The number of aryl methyl sites for hydroxylation is 1. The summed E-state index contributed by atoms with van der Waals surface area (Å²) in [7, 11) is 0. The average Bonchev–Trinajstić information content (AvgIpc) is 2.11. The first-order valence-electron chi connectivity index (χ1n) is 4.81. The standard InChI is InChI=1S/C11H18N2O/c1-7-4-5-10(6-11(7)12)13-8(2)9(3)14/h4-6,8-9,13-14H,12H2,1-3H3. The van der Waals surface area contributed by atoms with Crippen molar-refractivity contribution in [2.75, 3.05) is 11.1 Å². The van der Waals surface area contributed by atoms with Crippen LogP contribution < -0.4 is 11.1 Å².